The minimum absolute atomic E-state index is 0. The SMILES string of the molecule is CN=C(N)NCC(c1ccc(C)cc1)N(C)C.I. The van der Waals surface area contributed by atoms with Crippen molar-refractivity contribution in [2.24, 2.45) is 10.7 Å². The van der Waals surface area contributed by atoms with Crippen LogP contribution in [0.3, 0.4) is 0 Å². The molecule has 5 heteroatoms. The van der Waals surface area contributed by atoms with Crippen molar-refractivity contribution < 1.29 is 0 Å². The monoisotopic (exact) mass is 362 g/mol. The summed E-state index contributed by atoms with van der Waals surface area (Å²) in [5.41, 5.74) is 8.19. The first-order chi connectivity index (χ1) is 8.04. The van der Waals surface area contributed by atoms with Gasteiger partial charge in [-0.3, -0.25) is 4.99 Å². The maximum absolute atomic E-state index is 5.64. The number of nitrogens with one attached hydrogen (secondary N) is 1. The lowest BCUT2D eigenvalue weighted by Crippen LogP contribution is -2.38. The Kier molecular flexibility index (Phi) is 7.93. The van der Waals surface area contributed by atoms with Crippen LogP contribution >= 0.6 is 24.0 Å². The van der Waals surface area contributed by atoms with Crippen molar-refractivity contribution in [3.63, 3.8) is 0 Å². The summed E-state index contributed by atoms with van der Waals surface area (Å²) in [4.78, 5) is 6.06. The third kappa shape index (κ3) is 5.22. The van der Waals surface area contributed by atoms with Crippen LogP contribution in [0.25, 0.3) is 0 Å². The van der Waals surface area contributed by atoms with Gasteiger partial charge in [-0.05, 0) is 26.6 Å². The molecule has 3 N–H and O–H groups in total. The fourth-order valence-electron chi connectivity index (χ4n) is 1.67. The van der Waals surface area contributed by atoms with Crippen LogP contribution in [0, 0.1) is 6.92 Å². The van der Waals surface area contributed by atoms with E-state index in [2.05, 4.69) is 60.5 Å². The van der Waals surface area contributed by atoms with Crippen molar-refractivity contribution in [1.82, 2.24) is 10.2 Å². The molecule has 0 saturated heterocycles. The molecule has 0 bridgehead atoms. The van der Waals surface area contributed by atoms with E-state index in [0.717, 1.165) is 6.54 Å². The summed E-state index contributed by atoms with van der Waals surface area (Å²) in [5.74, 6) is 0.476. The van der Waals surface area contributed by atoms with Crippen LogP contribution in [0.5, 0.6) is 0 Å². The van der Waals surface area contributed by atoms with E-state index in [1.807, 2.05) is 0 Å². The Morgan fingerprint density at radius 1 is 1.33 bits per heavy atom. The Hall–Kier alpha value is -0.820. The van der Waals surface area contributed by atoms with Crippen LogP contribution in [0.1, 0.15) is 17.2 Å². The molecule has 1 rings (SSSR count). The van der Waals surface area contributed by atoms with Gasteiger partial charge in [0, 0.05) is 13.6 Å². The summed E-state index contributed by atoms with van der Waals surface area (Å²) in [5, 5.41) is 3.11. The van der Waals surface area contributed by atoms with Crippen LogP contribution in [0.4, 0.5) is 0 Å². The highest BCUT2D eigenvalue weighted by molar-refractivity contribution is 14.0. The number of hydrogen-bond acceptors (Lipinski definition) is 2. The Morgan fingerprint density at radius 3 is 2.33 bits per heavy atom. The van der Waals surface area contributed by atoms with Crippen LogP contribution in [-0.2, 0) is 0 Å². The molecule has 1 aromatic rings. The van der Waals surface area contributed by atoms with Gasteiger partial charge >= 0.3 is 0 Å². The van der Waals surface area contributed by atoms with E-state index in [4.69, 9.17) is 5.73 Å². The third-order valence-electron chi connectivity index (χ3n) is 2.80. The second kappa shape index (κ2) is 8.31. The fraction of sp³-hybridized carbons (Fsp3) is 0.462. The smallest absolute Gasteiger partial charge is 0.188 e. The summed E-state index contributed by atoms with van der Waals surface area (Å²) in [6, 6.07) is 8.85. The van der Waals surface area contributed by atoms with Gasteiger partial charge < -0.3 is 16.0 Å². The highest BCUT2D eigenvalue weighted by Gasteiger charge is 2.13. The van der Waals surface area contributed by atoms with Crippen molar-refractivity contribution >= 4 is 29.9 Å². The maximum atomic E-state index is 5.64. The maximum Gasteiger partial charge on any atom is 0.188 e. The number of aryl methyl sites for hydroxylation is 1. The minimum Gasteiger partial charge on any atom is -0.370 e. The minimum atomic E-state index is 0. The number of hydrogen-bond donors (Lipinski definition) is 2. The van der Waals surface area contributed by atoms with E-state index in [1.54, 1.807) is 7.05 Å². The molecule has 0 radical (unpaired) electrons. The molecule has 1 unspecified atom stereocenters. The van der Waals surface area contributed by atoms with Crippen molar-refractivity contribution in [2.75, 3.05) is 27.7 Å². The Labute approximate surface area is 127 Å². The van der Waals surface area contributed by atoms with Gasteiger partial charge in [0.25, 0.3) is 0 Å². The van der Waals surface area contributed by atoms with E-state index in [0.29, 0.717) is 5.96 Å². The highest BCUT2D eigenvalue weighted by Crippen LogP contribution is 2.17. The Bertz CT molecular complexity index is 373. The fourth-order valence-corrected chi connectivity index (χ4v) is 1.67. The summed E-state index contributed by atoms with van der Waals surface area (Å²) in [6.45, 7) is 2.84. The van der Waals surface area contributed by atoms with Gasteiger partial charge in [-0.2, -0.15) is 0 Å². The average molecular weight is 362 g/mol. The summed E-state index contributed by atoms with van der Waals surface area (Å²) < 4.78 is 0. The van der Waals surface area contributed by atoms with Crippen LogP contribution in [0.2, 0.25) is 0 Å². The van der Waals surface area contributed by atoms with Crippen molar-refractivity contribution in [3.05, 3.63) is 35.4 Å². The lowest BCUT2D eigenvalue weighted by atomic mass is 10.0. The first kappa shape index (κ1) is 17.2. The van der Waals surface area contributed by atoms with E-state index >= 15 is 0 Å². The molecule has 102 valence electrons. The standard InChI is InChI=1S/C13H22N4.HI/c1-10-5-7-11(8-6-10)12(17(3)4)9-16-13(14)15-2;/h5-8,12H,9H2,1-4H3,(H3,14,15,16);1H. The second-order valence-electron chi connectivity index (χ2n) is 4.38. The molecule has 0 saturated carbocycles. The molecule has 4 nitrogen and oxygen atoms in total. The predicted octanol–water partition coefficient (Wildman–Crippen LogP) is 1.75. The number of guanidine groups is 1. The summed E-state index contributed by atoms with van der Waals surface area (Å²) >= 11 is 0. The van der Waals surface area contributed by atoms with E-state index in [-0.39, 0.29) is 30.0 Å². The number of halogens is 1. The van der Waals surface area contributed by atoms with Gasteiger partial charge in [0.2, 0.25) is 0 Å². The summed E-state index contributed by atoms with van der Waals surface area (Å²) in [6.07, 6.45) is 0. The van der Waals surface area contributed by atoms with Crippen molar-refractivity contribution in [1.29, 1.82) is 0 Å². The molecule has 1 aromatic carbocycles. The number of likely N-dealkylation sites (N-methyl/N-ethyl adjacent to an activating group) is 1. The van der Waals surface area contributed by atoms with Crippen molar-refractivity contribution in [3.8, 4) is 0 Å². The molecule has 1 atom stereocenters. The Balaban J connectivity index is 0.00000289. The molecule has 0 aliphatic carbocycles. The van der Waals surface area contributed by atoms with Crippen LogP contribution in [-0.4, -0.2) is 38.5 Å². The molecular formula is C13H23IN4. The largest absolute Gasteiger partial charge is 0.370 e. The van der Waals surface area contributed by atoms with Gasteiger partial charge in [-0.1, -0.05) is 29.8 Å². The molecular weight excluding hydrogens is 339 g/mol. The van der Waals surface area contributed by atoms with Gasteiger partial charge in [0.05, 0.1) is 6.04 Å². The quantitative estimate of drug-likeness (QED) is 0.488. The molecule has 0 aliphatic rings. The lowest BCUT2D eigenvalue weighted by molar-refractivity contribution is 0.298. The highest BCUT2D eigenvalue weighted by atomic mass is 127. The molecule has 0 amide bonds. The number of nitrogens with zero attached hydrogens (tertiary/aromatic N) is 2. The first-order valence-electron chi connectivity index (χ1n) is 5.73. The average Bonchev–Trinajstić information content (AvgIpc) is 2.31. The van der Waals surface area contributed by atoms with Gasteiger partial charge in [0.15, 0.2) is 5.96 Å². The lowest BCUT2D eigenvalue weighted by Gasteiger charge is -2.25. The third-order valence-corrected chi connectivity index (χ3v) is 2.80. The molecule has 18 heavy (non-hydrogen) atoms. The number of aliphatic imine (C=N–C) groups is 1. The second-order valence-corrected chi connectivity index (χ2v) is 4.38. The molecule has 0 heterocycles. The van der Waals surface area contributed by atoms with E-state index in [1.165, 1.54) is 11.1 Å². The summed E-state index contributed by atoms with van der Waals surface area (Å²) in [7, 11) is 5.80. The van der Waals surface area contributed by atoms with Gasteiger partial charge in [-0.25, -0.2) is 0 Å². The van der Waals surface area contributed by atoms with Crippen molar-refractivity contribution in [2.45, 2.75) is 13.0 Å². The zero-order chi connectivity index (χ0) is 12.8. The van der Waals surface area contributed by atoms with Gasteiger partial charge in [-0.15, -0.1) is 24.0 Å². The molecule has 0 aliphatic heterocycles. The Morgan fingerprint density at radius 2 is 1.89 bits per heavy atom. The van der Waals surface area contributed by atoms with E-state index in [9.17, 15) is 0 Å². The molecule has 0 spiro atoms. The zero-order valence-electron chi connectivity index (χ0n) is 11.5. The first-order valence-corrected chi connectivity index (χ1v) is 5.73. The predicted molar refractivity (Wildman–Crippen MR) is 88.6 cm³/mol. The number of benzene rings is 1. The number of rotatable bonds is 4. The van der Waals surface area contributed by atoms with Gasteiger partial charge in [0.1, 0.15) is 0 Å². The van der Waals surface area contributed by atoms with Crippen LogP contribution < -0.4 is 11.1 Å². The topological polar surface area (TPSA) is 53.6 Å². The zero-order valence-corrected chi connectivity index (χ0v) is 13.8. The molecule has 0 aromatic heterocycles. The normalized spacial score (nSPS) is 13.1. The molecule has 0 fully saturated rings. The number of nitrogens with two attached hydrogens (primary N) is 1. The van der Waals surface area contributed by atoms with Crippen LogP contribution in [0.15, 0.2) is 29.3 Å². The van der Waals surface area contributed by atoms with E-state index < -0.39 is 0 Å².